The molecule has 1 saturated carbocycles. The van der Waals surface area contributed by atoms with Gasteiger partial charge >= 0.3 is 0 Å². The van der Waals surface area contributed by atoms with E-state index >= 15 is 0 Å². The summed E-state index contributed by atoms with van der Waals surface area (Å²) in [6.07, 6.45) is 2.56. The third kappa shape index (κ3) is 1.45. The predicted octanol–water partition coefficient (Wildman–Crippen LogP) is 2.19. The Balaban J connectivity index is 2.58. The molecular weight excluding hydrogens is 209 g/mol. The molecule has 16 heavy (non-hydrogen) atoms. The average Bonchev–Trinajstić information content (AvgIpc) is 2.21. The van der Waals surface area contributed by atoms with E-state index in [2.05, 4.69) is 0 Å². The molecule has 0 radical (unpaired) electrons. The van der Waals surface area contributed by atoms with E-state index < -0.39 is 11.4 Å². The Kier molecular flexibility index (Phi) is 2.54. The summed E-state index contributed by atoms with van der Waals surface area (Å²) in [6.45, 7) is 1.71. The fourth-order valence-electron chi connectivity index (χ4n) is 2.13. The van der Waals surface area contributed by atoms with Gasteiger partial charge in [-0.2, -0.15) is 0 Å². The molecule has 0 saturated heterocycles. The lowest BCUT2D eigenvalue weighted by atomic mass is 9.72. The zero-order chi connectivity index (χ0) is 11.9. The van der Waals surface area contributed by atoms with Crippen LogP contribution in [0.4, 0.5) is 4.39 Å². The number of phenolic OH excluding ortho intramolecular Hbond substituents is 1. The lowest BCUT2D eigenvalue weighted by molar-refractivity contribution is 0.240. The Hall–Kier alpha value is -1.29. The van der Waals surface area contributed by atoms with E-state index in [9.17, 15) is 9.50 Å². The highest BCUT2D eigenvalue weighted by atomic mass is 19.1. The van der Waals surface area contributed by atoms with Crippen LogP contribution in [0.3, 0.4) is 0 Å². The van der Waals surface area contributed by atoms with Crippen LogP contribution in [0.2, 0.25) is 0 Å². The summed E-state index contributed by atoms with van der Waals surface area (Å²) >= 11 is 0. The standard InChI is InChI=1S/C12H16FNO2/c1-7-6-8(12(14)4-3-5-12)9(13)11(16-2)10(7)15/h6,15H,3-5,14H2,1-2H3. The van der Waals surface area contributed by atoms with Gasteiger partial charge in [0, 0.05) is 11.1 Å². The van der Waals surface area contributed by atoms with Crippen molar-refractivity contribution in [3.63, 3.8) is 0 Å². The zero-order valence-corrected chi connectivity index (χ0v) is 9.51. The zero-order valence-electron chi connectivity index (χ0n) is 9.51. The van der Waals surface area contributed by atoms with Gasteiger partial charge in [-0.15, -0.1) is 0 Å². The van der Waals surface area contributed by atoms with Crippen LogP contribution >= 0.6 is 0 Å². The Morgan fingerprint density at radius 1 is 1.50 bits per heavy atom. The van der Waals surface area contributed by atoms with Crippen LogP contribution in [0.15, 0.2) is 6.07 Å². The van der Waals surface area contributed by atoms with Crippen LogP contribution in [0.5, 0.6) is 11.5 Å². The van der Waals surface area contributed by atoms with Gasteiger partial charge in [0.15, 0.2) is 17.3 Å². The van der Waals surface area contributed by atoms with E-state index in [0.29, 0.717) is 11.1 Å². The molecule has 1 aliphatic carbocycles. The highest BCUT2D eigenvalue weighted by molar-refractivity contribution is 5.51. The molecule has 0 unspecified atom stereocenters. The van der Waals surface area contributed by atoms with Gasteiger partial charge in [0.1, 0.15) is 0 Å². The molecule has 2 rings (SSSR count). The number of ether oxygens (including phenoxy) is 1. The number of aromatic hydroxyl groups is 1. The highest BCUT2D eigenvalue weighted by Gasteiger charge is 2.38. The number of halogens is 1. The normalized spacial score (nSPS) is 18.0. The van der Waals surface area contributed by atoms with Crippen molar-refractivity contribution in [2.24, 2.45) is 5.73 Å². The maximum Gasteiger partial charge on any atom is 0.197 e. The second-order valence-electron chi connectivity index (χ2n) is 4.45. The Labute approximate surface area is 94.0 Å². The van der Waals surface area contributed by atoms with Gasteiger partial charge in [-0.3, -0.25) is 0 Å². The quantitative estimate of drug-likeness (QED) is 0.811. The van der Waals surface area contributed by atoms with Gasteiger partial charge < -0.3 is 15.6 Å². The first-order valence-corrected chi connectivity index (χ1v) is 5.35. The summed E-state index contributed by atoms with van der Waals surface area (Å²) in [5.41, 5.74) is 6.54. The van der Waals surface area contributed by atoms with Crippen molar-refractivity contribution in [3.8, 4) is 11.5 Å². The Bertz CT molecular complexity index is 428. The molecule has 3 N–H and O–H groups in total. The summed E-state index contributed by atoms with van der Waals surface area (Å²) in [4.78, 5) is 0. The van der Waals surface area contributed by atoms with E-state index in [4.69, 9.17) is 10.5 Å². The molecule has 1 aliphatic rings. The predicted molar refractivity (Wildman–Crippen MR) is 59.1 cm³/mol. The number of phenols is 1. The molecule has 0 atom stereocenters. The minimum absolute atomic E-state index is 0.105. The fourth-order valence-corrected chi connectivity index (χ4v) is 2.13. The fraction of sp³-hybridized carbons (Fsp3) is 0.500. The lowest BCUT2D eigenvalue weighted by Gasteiger charge is -2.39. The van der Waals surface area contributed by atoms with Crippen molar-refractivity contribution in [2.75, 3.05) is 7.11 Å². The van der Waals surface area contributed by atoms with Crippen LogP contribution in [0, 0.1) is 12.7 Å². The molecule has 3 nitrogen and oxygen atoms in total. The molecule has 0 aliphatic heterocycles. The first-order chi connectivity index (χ1) is 7.49. The second-order valence-corrected chi connectivity index (χ2v) is 4.45. The molecule has 0 heterocycles. The first kappa shape index (κ1) is 11.2. The number of aryl methyl sites for hydroxylation is 1. The highest BCUT2D eigenvalue weighted by Crippen LogP contribution is 2.44. The van der Waals surface area contributed by atoms with Crippen LogP contribution in [0.1, 0.15) is 30.4 Å². The summed E-state index contributed by atoms with van der Waals surface area (Å²) in [7, 11) is 1.34. The van der Waals surface area contributed by atoms with Crippen LogP contribution < -0.4 is 10.5 Å². The Morgan fingerprint density at radius 2 is 2.12 bits per heavy atom. The Morgan fingerprint density at radius 3 is 2.56 bits per heavy atom. The summed E-state index contributed by atoms with van der Waals surface area (Å²) in [5, 5.41) is 9.65. The topological polar surface area (TPSA) is 55.5 Å². The van der Waals surface area contributed by atoms with Crippen molar-refractivity contribution in [1.29, 1.82) is 0 Å². The van der Waals surface area contributed by atoms with E-state index in [1.165, 1.54) is 7.11 Å². The monoisotopic (exact) mass is 225 g/mol. The number of rotatable bonds is 2. The summed E-state index contributed by atoms with van der Waals surface area (Å²) in [5.74, 6) is -0.786. The van der Waals surface area contributed by atoms with Gasteiger partial charge in [0.05, 0.1) is 7.11 Å². The van der Waals surface area contributed by atoms with Crippen LogP contribution in [0.25, 0.3) is 0 Å². The van der Waals surface area contributed by atoms with Crippen molar-refractivity contribution in [2.45, 2.75) is 31.7 Å². The molecule has 4 heteroatoms. The summed E-state index contributed by atoms with van der Waals surface area (Å²) < 4.78 is 18.9. The number of methoxy groups -OCH3 is 1. The first-order valence-electron chi connectivity index (χ1n) is 5.35. The van der Waals surface area contributed by atoms with Crippen LogP contribution in [-0.2, 0) is 5.54 Å². The molecule has 0 bridgehead atoms. The minimum Gasteiger partial charge on any atom is -0.504 e. The second kappa shape index (κ2) is 3.63. The molecule has 1 fully saturated rings. The van der Waals surface area contributed by atoms with Crippen molar-refractivity contribution < 1.29 is 14.2 Å². The van der Waals surface area contributed by atoms with Crippen molar-refractivity contribution >= 4 is 0 Å². The number of hydrogen-bond donors (Lipinski definition) is 2. The molecule has 0 amide bonds. The van der Waals surface area contributed by atoms with Gasteiger partial charge in [-0.05, 0) is 37.8 Å². The van der Waals surface area contributed by atoms with E-state index in [-0.39, 0.29) is 11.5 Å². The number of benzene rings is 1. The third-order valence-corrected chi connectivity index (χ3v) is 3.37. The molecule has 88 valence electrons. The van der Waals surface area contributed by atoms with E-state index in [1.54, 1.807) is 13.0 Å². The minimum atomic E-state index is -0.587. The van der Waals surface area contributed by atoms with Gasteiger partial charge in [0.2, 0.25) is 0 Å². The van der Waals surface area contributed by atoms with Crippen molar-refractivity contribution in [3.05, 3.63) is 23.0 Å². The van der Waals surface area contributed by atoms with Crippen molar-refractivity contribution in [1.82, 2.24) is 0 Å². The average molecular weight is 225 g/mol. The maximum absolute atomic E-state index is 14.1. The molecule has 0 aromatic heterocycles. The van der Waals surface area contributed by atoms with Crippen LogP contribution in [-0.4, -0.2) is 12.2 Å². The van der Waals surface area contributed by atoms with Gasteiger partial charge in [-0.25, -0.2) is 4.39 Å². The molecule has 1 aromatic rings. The third-order valence-electron chi connectivity index (χ3n) is 3.37. The largest absolute Gasteiger partial charge is 0.504 e. The van der Waals surface area contributed by atoms with Gasteiger partial charge in [0.25, 0.3) is 0 Å². The molecule has 1 aromatic carbocycles. The number of nitrogens with two attached hydrogens (primary N) is 1. The number of hydrogen-bond acceptors (Lipinski definition) is 3. The summed E-state index contributed by atoms with van der Waals surface area (Å²) in [6, 6.07) is 1.62. The SMILES string of the molecule is COc1c(O)c(C)cc(C2(N)CCC2)c1F. The lowest BCUT2D eigenvalue weighted by Crippen LogP contribution is -2.44. The van der Waals surface area contributed by atoms with E-state index in [0.717, 1.165) is 19.3 Å². The maximum atomic E-state index is 14.1. The van der Waals surface area contributed by atoms with Gasteiger partial charge in [-0.1, -0.05) is 0 Å². The molecule has 0 spiro atoms. The smallest absolute Gasteiger partial charge is 0.197 e. The molecular formula is C12H16FNO2. The van der Waals surface area contributed by atoms with E-state index in [1.807, 2.05) is 0 Å².